The number of hydrogen-bond donors (Lipinski definition) is 1. The van der Waals surface area contributed by atoms with Gasteiger partial charge in [-0.25, -0.2) is 4.98 Å². The number of aromatic nitrogens is 1. The van der Waals surface area contributed by atoms with Crippen molar-refractivity contribution in [2.45, 2.75) is 0 Å². The number of rotatable bonds is 2. The fourth-order valence-corrected chi connectivity index (χ4v) is 3.73. The summed E-state index contributed by atoms with van der Waals surface area (Å²) in [6.07, 6.45) is 0. The van der Waals surface area contributed by atoms with Gasteiger partial charge in [0.15, 0.2) is 0 Å². The van der Waals surface area contributed by atoms with E-state index >= 15 is 0 Å². The molecule has 0 radical (unpaired) electrons. The van der Waals surface area contributed by atoms with Crippen molar-refractivity contribution >= 4 is 44.5 Å². The van der Waals surface area contributed by atoms with E-state index in [1.54, 1.807) is 25.4 Å². The maximum Gasteiger partial charge on any atom is 0.265 e. The van der Waals surface area contributed by atoms with E-state index in [1.165, 1.54) is 16.2 Å². The first-order chi connectivity index (χ1) is 9.58. The summed E-state index contributed by atoms with van der Waals surface area (Å²) >= 11 is 2.99. The highest BCUT2D eigenvalue weighted by Crippen LogP contribution is 2.35. The van der Waals surface area contributed by atoms with E-state index in [9.17, 15) is 4.79 Å². The van der Waals surface area contributed by atoms with Crippen molar-refractivity contribution in [3.05, 3.63) is 34.5 Å². The number of thiophene rings is 2. The van der Waals surface area contributed by atoms with Crippen LogP contribution in [0.5, 0.6) is 0 Å². The molecule has 4 nitrogen and oxygen atoms in total. The highest BCUT2D eigenvalue weighted by atomic mass is 32.1. The van der Waals surface area contributed by atoms with Crippen LogP contribution in [0.25, 0.3) is 20.8 Å². The molecule has 3 aromatic rings. The molecule has 0 spiro atoms. The molecule has 1 amide bonds. The zero-order valence-corrected chi connectivity index (χ0v) is 12.7. The average Bonchev–Trinajstić information content (AvgIpc) is 3.06. The van der Waals surface area contributed by atoms with E-state index < -0.39 is 0 Å². The van der Waals surface area contributed by atoms with Crippen LogP contribution in [0.15, 0.2) is 29.6 Å². The van der Waals surface area contributed by atoms with Gasteiger partial charge in [-0.1, -0.05) is 6.07 Å². The molecule has 0 aliphatic rings. The fraction of sp³-hybridized carbons (Fsp3) is 0.143. The summed E-state index contributed by atoms with van der Waals surface area (Å²) in [4.78, 5) is 20.7. The van der Waals surface area contributed by atoms with Crippen LogP contribution in [0.2, 0.25) is 0 Å². The van der Waals surface area contributed by atoms with Gasteiger partial charge >= 0.3 is 0 Å². The van der Waals surface area contributed by atoms with Gasteiger partial charge in [-0.05, 0) is 23.6 Å². The molecule has 0 aromatic carbocycles. The Kier molecular flexibility index (Phi) is 3.19. The summed E-state index contributed by atoms with van der Waals surface area (Å²) in [5, 5.41) is 2.87. The molecule has 0 aliphatic heterocycles. The van der Waals surface area contributed by atoms with E-state index in [-0.39, 0.29) is 5.91 Å². The van der Waals surface area contributed by atoms with Crippen LogP contribution in [0.4, 0.5) is 5.69 Å². The average molecular weight is 303 g/mol. The fourth-order valence-electron chi connectivity index (χ4n) is 1.92. The lowest BCUT2D eigenvalue weighted by Crippen LogP contribution is -2.21. The second kappa shape index (κ2) is 4.88. The van der Waals surface area contributed by atoms with Gasteiger partial charge < -0.3 is 10.6 Å². The third kappa shape index (κ3) is 2.07. The molecule has 0 unspecified atom stereocenters. The van der Waals surface area contributed by atoms with E-state index in [0.717, 1.165) is 20.8 Å². The monoisotopic (exact) mass is 303 g/mol. The Labute approximate surface area is 124 Å². The van der Waals surface area contributed by atoms with Crippen molar-refractivity contribution < 1.29 is 4.79 Å². The zero-order chi connectivity index (χ0) is 14.3. The minimum Gasteiger partial charge on any atom is -0.397 e. The number of fused-ring (bicyclic) bond motifs is 1. The molecule has 6 heteroatoms. The van der Waals surface area contributed by atoms with Crippen LogP contribution < -0.4 is 5.73 Å². The molecular weight excluding hydrogens is 290 g/mol. The van der Waals surface area contributed by atoms with E-state index in [0.29, 0.717) is 10.6 Å². The molecule has 20 heavy (non-hydrogen) atoms. The number of nitrogen functional groups attached to an aromatic ring is 1. The maximum absolute atomic E-state index is 12.1. The zero-order valence-electron chi connectivity index (χ0n) is 11.1. The SMILES string of the molecule is CN(C)C(=O)c1sc2nc(-c3cccs3)ccc2c1N. The summed E-state index contributed by atoms with van der Waals surface area (Å²) in [5.41, 5.74) is 7.51. The normalized spacial score (nSPS) is 10.9. The van der Waals surface area contributed by atoms with Crippen molar-refractivity contribution in [1.82, 2.24) is 9.88 Å². The Morgan fingerprint density at radius 3 is 2.75 bits per heavy atom. The lowest BCUT2D eigenvalue weighted by atomic mass is 10.2. The molecule has 0 aliphatic carbocycles. The van der Waals surface area contributed by atoms with Gasteiger partial charge in [-0.2, -0.15) is 0 Å². The first kappa shape index (κ1) is 13.1. The topological polar surface area (TPSA) is 59.2 Å². The molecule has 3 rings (SSSR count). The molecular formula is C14H13N3OS2. The minimum absolute atomic E-state index is 0.0804. The van der Waals surface area contributed by atoms with Crippen LogP contribution in [-0.4, -0.2) is 29.9 Å². The third-order valence-electron chi connectivity index (χ3n) is 2.97. The minimum atomic E-state index is -0.0804. The number of carbonyl (C=O) groups excluding carboxylic acids is 1. The molecule has 0 fully saturated rings. The highest BCUT2D eigenvalue weighted by molar-refractivity contribution is 7.21. The number of nitrogens with two attached hydrogens (primary N) is 1. The van der Waals surface area contributed by atoms with E-state index in [4.69, 9.17) is 5.73 Å². The van der Waals surface area contributed by atoms with Crippen molar-refractivity contribution in [3.8, 4) is 10.6 Å². The summed E-state index contributed by atoms with van der Waals surface area (Å²) in [6, 6.07) is 7.91. The highest BCUT2D eigenvalue weighted by Gasteiger charge is 2.19. The standard InChI is InChI=1S/C14H13N3OS2/c1-17(2)14(18)12-11(15)8-5-6-9(16-13(8)20-12)10-4-3-7-19-10/h3-7H,15H2,1-2H3. The summed E-state index contributed by atoms with van der Waals surface area (Å²) in [6.45, 7) is 0. The van der Waals surface area contributed by atoms with Crippen LogP contribution in [0, 0.1) is 0 Å². The summed E-state index contributed by atoms with van der Waals surface area (Å²) in [7, 11) is 3.44. The molecule has 3 heterocycles. The number of nitrogens with zero attached hydrogens (tertiary/aromatic N) is 2. The predicted molar refractivity (Wildman–Crippen MR) is 85.4 cm³/mol. The van der Waals surface area contributed by atoms with Crippen molar-refractivity contribution in [1.29, 1.82) is 0 Å². The van der Waals surface area contributed by atoms with E-state index in [1.807, 2.05) is 29.6 Å². The Balaban J connectivity index is 2.14. The van der Waals surface area contributed by atoms with Crippen LogP contribution in [0.3, 0.4) is 0 Å². The van der Waals surface area contributed by atoms with Crippen molar-refractivity contribution in [2.24, 2.45) is 0 Å². The molecule has 102 valence electrons. The molecule has 0 bridgehead atoms. The predicted octanol–water partition coefficient (Wildman–Crippen LogP) is 3.31. The molecule has 0 saturated heterocycles. The van der Waals surface area contributed by atoms with Gasteiger partial charge in [0.1, 0.15) is 9.71 Å². The maximum atomic E-state index is 12.1. The van der Waals surface area contributed by atoms with Crippen molar-refractivity contribution in [3.63, 3.8) is 0 Å². The number of amides is 1. The number of hydrogen-bond acceptors (Lipinski definition) is 5. The van der Waals surface area contributed by atoms with Gasteiger partial charge in [-0.15, -0.1) is 22.7 Å². The van der Waals surface area contributed by atoms with Gasteiger partial charge in [0.2, 0.25) is 0 Å². The largest absolute Gasteiger partial charge is 0.397 e. The Morgan fingerprint density at radius 2 is 2.10 bits per heavy atom. The second-order valence-corrected chi connectivity index (χ2v) is 6.52. The first-order valence-corrected chi connectivity index (χ1v) is 7.72. The Bertz CT molecular complexity index is 775. The second-order valence-electron chi connectivity index (χ2n) is 4.57. The smallest absolute Gasteiger partial charge is 0.265 e. The third-order valence-corrected chi connectivity index (χ3v) is 4.96. The van der Waals surface area contributed by atoms with Crippen molar-refractivity contribution in [2.75, 3.05) is 19.8 Å². The van der Waals surface area contributed by atoms with Gasteiger partial charge in [0, 0.05) is 19.5 Å². The number of pyridine rings is 1. The molecule has 0 saturated carbocycles. The van der Waals surface area contributed by atoms with Crippen LogP contribution >= 0.6 is 22.7 Å². The molecule has 0 atom stereocenters. The summed E-state index contributed by atoms with van der Waals surface area (Å²) in [5.74, 6) is -0.0804. The lowest BCUT2D eigenvalue weighted by molar-refractivity contribution is 0.0833. The number of anilines is 1. The van der Waals surface area contributed by atoms with Gasteiger partial charge in [0.05, 0.1) is 16.3 Å². The van der Waals surface area contributed by atoms with E-state index in [2.05, 4.69) is 4.98 Å². The number of carbonyl (C=O) groups is 1. The van der Waals surface area contributed by atoms with Crippen LogP contribution in [-0.2, 0) is 0 Å². The van der Waals surface area contributed by atoms with Gasteiger partial charge in [0.25, 0.3) is 5.91 Å². The Hall–Kier alpha value is -1.92. The van der Waals surface area contributed by atoms with Crippen LogP contribution in [0.1, 0.15) is 9.67 Å². The Morgan fingerprint density at radius 1 is 1.30 bits per heavy atom. The molecule has 3 aromatic heterocycles. The van der Waals surface area contributed by atoms with Gasteiger partial charge in [-0.3, -0.25) is 4.79 Å². The summed E-state index contributed by atoms with van der Waals surface area (Å²) < 4.78 is 0. The lowest BCUT2D eigenvalue weighted by Gasteiger charge is -2.08. The quantitative estimate of drug-likeness (QED) is 0.790. The molecule has 2 N–H and O–H groups in total. The first-order valence-electron chi connectivity index (χ1n) is 6.02.